The number of phenols is 1. The molecule has 0 aliphatic carbocycles. The van der Waals surface area contributed by atoms with Gasteiger partial charge in [0.1, 0.15) is 17.2 Å². The molecule has 0 aromatic heterocycles. The third-order valence-electron chi connectivity index (χ3n) is 2.57. The molecule has 1 N–H and O–H groups in total. The molecule has 0 unspecified atom stereocenters. The second-order valence-corrected chi connectivity index (χ2v) is 4.12. The van der Waals surface area contributed by atoms with Crippen molar-refractivity contribution in [3.63, 3.8) is 0 Å². The SMILES string of the molecule is COC(=O)c1cc(O)cc(Oc2ccc(C)cc2)c1. The minimum atomic E-state index is -0.523. The molecule has 2 rings (SSSR count). The van der Waals surface area contributed by atoms with Crippen molar-refractivity contribution in [2.75, 3.05) is 7.11 Å². The van der Waals surface area contributed by atoms with E-state index in [1.807, 2.05) is 31.2 Å². The number of phenolic OH excluding ortho intramolecular Hbond substituents is 1. The van der Waals surface area contributed by atoms with E-state index in [1.165, 1.54) is 25.3 Å². The Hall–Kier alpha value is -2.49. The number of carbonyl (C=O) groups is 1. The Balaban J connectivity index is 2.27. The zero-order valence-electron chi connectivity index (χ0n) is 10.7. The first-order valence-corrected chi connectivity index (χ1v) is 5.75. The summed E-state index contributed by atoms with van der Waals surface area (Å²) in [5, 5.41) is 9.57. The van der Waals surface area contributed by atoms with Crippen LogP contribution >= 0.6 is 0 Å². The van der Waals surface area contributed by atoms with Gasteiger partial charge in [-0.15, -0.1) is 0 Å². The highest BCUT2D eigenvalue weighted by Crippen LogP contribution is 2.27. The van der Waals surface area contributed by atoms with Gasteiger partial charge in [-0.1, -0.05) is 17.7 Å². The largest absolute Gasteiger partial charge is 0.508 e. The number of hydrogen-bond donors (Lipinski definition) is 1. The molecule has 4 nitrogen and oxygen atoms in total. The first kappa shape index (κ1) is 13.0. The van der Waals surface area contributed by atoms with Gasteiger partial charge in [0.2, 0.25) is 0 Å². The summed E-state index contributed by atoms with van der Waals surface area (Å²) in [5.74, 6) is 0.436. The Bertz CT molecular complexity index is 588. The Labute approximate surface area is 111 Å². The van der Waals surface area contributed by atoms with Gasteiger partial charge < -0.3 is 14.6 Å². The fourth-order valence-corrected chi connectivity index (χ4v) is 1.62. The lowest BCUT2D eigenvalue weighted by Gasteiger charge is -2.08. The molecule has 2 aromatic carbocycles. The third kappa shape index (κ3) is 3.25. The lowest BCUT2D eigenvalue weighted by Crippen LogP contribution is -2.01. The Morgan fingerprint density at radius 2 is 1.74 bits per heavy atom. The van der Waals surface area contributed by atoms with Gasteiger partial charge in [-0.3, -0.25) is 0 Å². The highest BCUT2D eigenvalue weighted by atomic mass is 16.5. The van der Waals surface area contributed by atoms with Crippen LogP contribution in [0.2, 0.25) is 0 Å². The Morgan fingerprint density at radius 3 is 2.37 bits per heavy atom. The summed E-state index contributed by atoms with van der Waals surface area (Å²) < 4.78 is 10.2. The van der Waals surface area contributed by atoms with E-state index >= 15 is 0 Å². The van der Waals surface area contributed by atoms with Crippen LogP contribution in [0.1, 0.15) is 15.9 Å². The third-order valence-corrected chi connectivity index (χ3v) is 2.57. The van der Waals surface area contributed by atoms with Crippen molar-refractivity contribution in [2.45, 2.75) is 6.92 Å². The number of aromatic hydroxyl groups is 1. The minimum Gasteiger partial charge on any atom is -0.508 e. The summed E-state index contributed by atoms with van der Waals surface area (Å²) >= 11 is 0. The number of rotatable bonds is 3. The summed E-state index contributed by atoms with van der Waals surface area (Å²) in [6.45, 7) is 1.98. The maximum atomic E-state index is 11.4. The zero-order chi connectivity index (χ0) is 13.8. The molecular formula is C15H14O4. The Morgan fingerprint density at radius 1 is 1.05 bits per heavy atom. The van der Waals surface area contributed by atoms with Crippen molar-refractivity contribution in [1.29, 1.82) is 0 Å². The average molecular weight is 258 g/mol. The van der Waals surface area contributed by atoms with Crippen LogP contribution in [0, 0.1) is 6.92 Å². The number of ether oxygens (including phenoxy) is 2. The summed E-state index contributed by atoms with van der Waals surface area (Å²) in [6.07, 6.45) is 0. The fourth-order valence-electron chi connectivity index (χ4n) is 1.62. The molecule has 4 heteroatoms. The van der Waals surface area contributed by atoms with E-state index in [0.717, 1.165) is 5.56 Å². The van der Waals surface area contributed by atoms with Crippen molar-refractivity contribution in [2.24, 2.45) is 0 Å². The van der Waals surface area contributed by atoms with Gasteiger partial charge in [0.15, 0.2) is 0 Å². The quantitative estimate of drug-likeness (QED) is 0.858. The van der Waals surface area contributed by atoms with Crippen molar-refractivity contribution < 1.29 is 19.4 Å². The van der Waals surface area contributed by atoms with Crippen LogP contribution in [0.4, 0.5) is 0 Å². The predicted molar refractivity (Wildman–Crippen MR) is 70.7 cm³/mol. The molecule has 0 fully saturated rings. The summed E-state index contributed by atoms with van der Waals surface area (Å²) in [4.78, 5) is 11.4. The first-order chi connectivity index (χ1) is 9.08. The number of methoxy groups -OCH3 is 1. The average Bonchev–Trinajstić information content (AvgIpc) is 2.40. The molecule has 0 atom stereocenters. The smallest absolute Gasteiger partial charge is 0.338 e. The van der Waals surface area contributed by atoms with Crippen LogP contribution < -0.4 is 4.74 Å². The van der Waals surface area contributed by atoms with E-state index in [-0.39, 0.29) is 11.3 Å². The maximum Gasteiger partial charge on any atom is 0.338 e. The molecule has 0 heterocycles. The summed E-state index contributed by atoms with van der Waals surface area (Å²) in [7, 11) is 1.28. The molecule has 0 aliphatic rings. The minimum absolute atomic E-state index is 0.0509. The number of benzene rings is 2. The fraction of sp³-hybridized carbons (Fsp3) is 0.133. The highest BCUT2D eigenvalue weighted by molar-refractivity contribution is 5.90. The second kappa shape index (κ2) is 5.44. The van der Waals surface area contributed by atoms with Crippen LogP contribution in [0.15, 0.2) is 42.5 Å². The van der Waals surface area contributed by atoms with Crippen LogP contribution in [0.3, 0.4) is 0 Å². The van der Waals surface area contributed by atoms with Gasteiger partial charge in [0.25, 0.3) is 0 Å². The predicted octanol–water partition coefficient (Wildman–Crippen LogP) is 3.28. The van der Waals surface area contributed by atoms with Gasteiger partial charge in [0.05, 0.1) is 12.7 Å². The highest BCUT2D eigenvalue weighted by Gasteiger charge is 2.09. The lowest BCUT2D eigenvalue weighted by atomic mass is 10.2. The molecular weight excluding hydrogens is 244 g/mol. The van der Waals surface area contributed by atoms with Gasteiger partial charge in [0, 0.05) is 6.07 Å². The summed E-state index contributed by atoms with van der Waals surface area (Å²) in [6, 6.07) is 11.7. The number of aryl methyl sites for hydroxylation is 1. The molecule has 0 amide bonds. The molecule has 0 radical (unpaired) electrons. The molecule has 0 saturated heterocycles. The number of esters is 1. The normalized spacial score (nSPS) is 10.0. The van der Waals surface area contributed by atoms with Crippen LogP contribution in [0.25, 0.3) is 0 Å². The van der Waals surface area contributed by atoms with Crippen LogP contribution in [-0.4, -0.2) is 18.2 Å². The Kier molecular flexibility index (Phi) is 3.71. The van der Waals surface area contributed by atoms with E-state index in [4.69, 9.17) is 4.74 Å². The van der Waals surface area contributed by atoms with Crippen molar-refractivity contribution in [1.82, 2.24) is 0 Å². The van der Waals surface area contributed by atoms with Gasteiger partial charge in [-0.25, -0.2) is 4.79 Å². The molecule has 0 bridgehead atoms. The first-order valence-electron chi connectivity index (χ1n) is 5.75. The standard InChI is InChI=1S/C15H14O4/c1-10-3-5-13(6-4-10)19-14-8-11(15(17)18-2)7-12(16)9-14/h3-9,16H,1-2H3. The van der Waals surface area contributed by atoms with E-state index < -0.39 is 5.97 Å². The van der Waals surface area contributed by atoms with Gasteiger partial charge >= 0.3 is 5.97 Å². The molecule has 0 aliphatic heterocycles. The zero-order valence-corrected chi connectivity index (χ0v) is 10.7. The monoisotopic (exact) mass is 258 g/mol. The maximum absolute atomic E-state index is 11.4. The van der Waals surface area contributed by atoms with Gasteiger partial charge in [-0.2, -0.15) is 0 Å². The van der Waals surface area contributed by atoms with Gasteiger partial charge in [-0.05, 0) is 31.2 Å². The second-order valence-electron chi connectivity index (χ2n) is 4.12. The van der Waals surface area contributed by atoms with Crippen molar-refractivity contribution in [3.8, 4) is 17.2 Å². The lowest BCUT2D eigenvalue weighted by molar-refractivity contribution is 0.0600. The molecule has 0 spiro atoms. The van der Waals surface area contributed by atoms with Crippen LogP contribution in [-0.2, 0) is 4.74 Å². The van der Waals surface area contributed by atoms with Crippen molar-refractivity contribution >= 4 is 5.97 Å². The van der Waals surface area contributed by atoms with E-state index in [1.54, 1.807) is 0 Å². The topological polar surface area (TPSA) is 55.8 Å². The van der Waals surface area contributed by atoms with E-state index in [0.29, 0.717) is 11.5 Å². The molecule has 0 saturated carbocycles. The number of hydrogen-bond acceptors (Lipinski definition) is 4. The molecule has 98 valence electrons. The van der Waals surface area contributed by atoms with Crippen LogP contribution in [0.5, 0.6) is 17.2 Å². The van der Waals surface area contributed by atoms with Crippen molar-refractivity contribution in [3.05, 3.63) is 53.6 Å². The summed E-state index contributed by atoms with van der Waals surface area (Å²) in [5.41, 5.74) is 1.36. The van der Waals surface area contributed by atoms with E-state index in [9.17, 15) is 9.90 Å². The molecule has 19 heavy (non-hydrogen) atoms. The van der Waals surface area contributed by atoms with E-state index in [2.05, 4.69) is 4.74 Å². The molecule has 2 aromatic rings. The number of carbonyl (C=O) groups excluding carboxylic acids is 1.